The summed E-state index contributed by atoms with van der Waals surface area (Å²) in [6.45, 7) is 6.79. The van der Waals surface area contributed by atoms with Crippen LogP contribution >= 0.6 is 11.6 Å². The van der Waals surface area contributed by atoms with E-state index in [9.17, 15) is 0 Å². The number of hydrogen-bond acceptors (Lipinski definition) is 2. The molecule has 2 rings (SSSR count). The first-order valence-corrected chi connectivity index (χ1v) is 8.19. The first-order chi connectivity index (χ1) is 9.63. The number of hydrogen-bond donors (Lipinski definition) is 1. The van der Waals surface area contributed by atoms with E-state index in [4.69, 9.17) is 11.6 Å². The van der Waals surface area contributed by atoms with Crippen molar-refractivity contribution >= 4 is 11.6 Å². The normalized spacial score (nSPS) is 23.6. The standard InChI is InChI=1S/C17H27ClN2/c1-4-10-19-12-15-8-9-17(15)20(3)13(2)14-6-5-7-16(18)11-14/h5-7,11,13,15,17,19H,4,8-10,12H2,1-3H3. The van der Waals surface area contributed by atoms with Crippen LogP contribution in [0.5, 0.6) is 0 Å². The van der Waals surface area contributed by atoms with Crippen molar-refractivity contribution in [3.05, 3.63) is 34.9 Å². The number of halogens is 1. The van der Waals surface area contributed by atoms with Gasteiger partial charge in [-0.3, -0.25) is 4.90 Å². The van der Waals surface area contributed by atoms with Crippen molar-refractivity contribution in [1.29, 1.82) is 0 Å². The first kappa shape index (κ1) is 15.8. The van der Waals surface area contributed by atoms with Crippen LogP contribution in [0.1, 0.15) is 44.7 Å². The van der Waals surface area contributed by atoms with E-state index in [1.54, 1.807) is 0 Å². The molecule has 1 aromatic carbocycles. The van der Waals surface area contributed by atoms with E-state index in [1.165, 1.54) is 24.8 Å². The van der Waals surface area contributed by atoms with Gasteiger partial charge in [-0.05, 0) is 69.9 Å². The number of rotatable bonds is 7. The van der Waals surface area contributed by atoms with Gasteiger partial charge >= 0.3 is 0 Å². The van der Waals surface area contributed by atoms with Crippen molar-refractivity contribution in [1.82, 2.24) is 10.2 Å². The van der Waals surface area contributed by atoms with Crippen molar-refractivity contribution in [2.24, 2.45) is 5.92 Å². The Balaban J connectivity index is 1.91. The molecular formula is C17H27ClN2. The Morgan fingerprint density at radius 2 is 2.20 bits per heavy atom. The molecule has 1 aromatic rings. The van der Waals surface area contributed by atoms with E-state index in [-0.39, 0.29) is 0 Å². The summed E-state index contributed by atoms with van der Waals surface area (Å²) in [7, 11) is 2.25. The van der Waals surface area contributed by atoms with Gasteiger partial charge in [0.25, 0.3) is 0 Å². The highest BCUT2D eigenvalue weighted by molar-refractivity contribution is 6.30. The lowest BCUT2D eigenvalue weighted by atomic mass is 9.77. The van der Waals surface area contributed by atoms with Gasteiger partial charge in [0.15, 0.2) is 0 Å². The Morgan fingerprint density at radius 1 is 1.40 bits per heavy atom. The molecular weight excluding hydrogens is 268 g/mol. The van der Waals surface area contributed by atoms with Crippen LogP contribution in [0.15, 0.2) is 24.3 Å². The Labute approximate surface area is 128 Å². The minimum Gasteiger partial charge on any atom is -0.316 e. The van der Waals surface area contributed by atoms with Gasteiger partial charge in [-0.15, -0.1) is 0 Å². The molecule has 20 heavy (non-hydrogen) atoms. The molecule has 1 N–H and O–H groups in total. The molecule has 3 atom stereocenters. The average molecular weight is 295 g/mol. The molecule has 0 radical (unpaired) electrons. The maximum absolute atomic E-state index is 6.11. The Bertz CT molecular complexity index is 421. The molecule has 0 bridgehead atoms. The summed E-state index contributed by atoms with van der Waals surface area (Å²) in [6, 6.07) is 9.38. The Morgan fingerprint density at radius 3 is 2.80 bits per heavy atom. The zero-order valence-electron chi connectivity index (χ0n) is 12.9. The SMILES string of the molecule is CCCNCC1CCC1N(C)C(C)c1cccc(Cl)c1. The molecule has 0 aromatic heterocycles. The zero-order valence-corrected chi connectivity index (χ0v) is 13.7. The molecule has 3 heteroatoms. The molecule has 3 unspecified atom stereocenters. The highest BCUT2D eigenvalue weighted by Crippen LogP contribution is 2.35. The Hall–Kier alpha value is -0.570. The molecule has 1 fully saturated rings. The minimum absolute atomic E-state index is 0.424. The lowest BCUT2D eigenvalue weighted by Crippen LogP contribution is -2.49. The summed E-state index contributed by atoms with van der Waals surface area (Å²) in [6.07, 6.45) is 3.89. The zero-order chi connectivity index (χ0) is 14.5. The topological polar surface area (TPSA) is 15.3 Å². The van der Waals surface area contributed by atoms with Crippen LogP contribution in [-0.2, 0) is 0 Å². The number of nitrogens with zero attached hydrogens (tertiary/aromatic N) is 1. The van der Waals surface area contributed by atoms with E-state index in [0.717, 1.165) is 24.0 Å². The van der Waals surface area contributed by atoms with Gasteiger partial charge in [-0.1, -0.05) is 30.7 Å². The number of benzene rings is 1. The number of nitrogens with one attached hydrogen (secondary N) is 1. The van der Waals surface area contributed by atoms with E-state index < -0.39 is 0 Å². The van der Waals surface area contributed by atoms with Crippen LogP contribution in [-0.4, -0.2) is 31.1 Å². The van der Waals surface area contributed by atoms with E-state index in [0.29, 0.717) is 12.1 Å². The molecule has 1 aliphatic rings. The van der Waals surface area contributed by atoms with Crippen molar-refractivity contribution in [2.75, 3.05) is 20.1 Å². The highest BCUT2D eigenvalue weighted by Gasteiger charge is 2.35. The second-order valence-electron chi connectivity index (χ2n) is 6.01. The second kappa shape index (κ2) is 7.44. The van der Waals surface area contributed by atoms with Crippen LogP contribution in [0.2, 0.25) is 5.02 Å². The van der Waals surface area contributed by atoms with E-state index in [2.05, 4.69) is 43.2 Å². The summed E-state index contributed by atoms with van der Waals surface area (Å²) in [5.74, 6) is 0.799. The second-order valence-corrected chi connectivity index (χ2v) is 6.44. The predicted octanol–water partition coefficient (Wildman–Crippen LogP) is 4.11. The van der Waals surface area contributed by atoms with Gasteiger partial charge in [0.1, 0.15) is 0 Å². The highest BCUT2D eigenvalue weighted by atomic mass is 35.5. The van der Waals surface area contributed by atoms with Gasteiger partial charge < -0.3 is 5.32 Å². The predicted molar refractivity (Wildman–Crippen MR) is 87.3 cm³/mol. The van der Waals surface area contributed by atoms with Crippen molar-refractivity contribution in [3.8, 4) is 0 Å². The molecule has 0 spiro atoms. The minimum atomic E-state index is 0.424. The summed E-state index contributed by atoms with van der Waals surface area (Å²) >= 11 is 6.11. The van der Waals surface area contributed by atoms with Crippen LogP contribution < -0.4 is 5.32 Å². The van der Waals surface area contributed by atoms with Crippen LogP contribution in [0.3, 0.4) is 0 Å². The van der Waals surface area contributed by atoms with Gasteiger partial charge in [0.05, 0.1) is 0 Å². The van der Waals surface area contributed by atoms with Gasteiger partial charge in [0, 0.05) is 17.1 Å². The summed E-state index contributed by atoms with van der Waals surface area (Å²) in [5.41, 5.74) is 1.31. The molecule has 0 heterocycles. The van der Waals surface area contributed by atoms with Crippen molar-refractivity contribution in [3.63, 3.8) is 0 Å². The summed E-state index contributed by atoms with van der Waals surface area (Å²) < 4.78 is 0. The largest absolute Gasteiger partial charge is 0.316 e. The van der Waals surface area contributed by atoms with Gasteiger partial charge in [-0.2, -0.15) is 0 Å². The third kappa shape index (κ3) is 3.75. The summed E-state index contributed by atoms with van der Waals surface area (Å²) in [5, 5.41) is 4.39. The van der Waals surface area contributed by atoms with E-state index in [1.807, 2.05) is 12.1 Å². The average Bonchev–Trinajstić information content (AvgIpc) is 2.41. The van der Waals surface area contributed by atoms with Crippen LogP contribution in [0.4, 0.5) is 0 Å². The molecule has 2 nitrogen and oxygen atoms in total. The molecule has 0 amide bonds. The molecule has 1 aliphatic carbocycles. The molecule has 1 saturated carbocycles. The third-order valence-electron chi connectivity index (χ3n) is 4.68. The lowest BCUT2D eigenvalue weighted by molar-refractivity contribution is 0.0550. The van der Waals surface area contributed by atoms with Crippen LogP contribution in [0, 0.1) is 5.92 Å². The lowest BCUT2D eigenvalue weighted by Gasteiger charge is -2.45. The molecule has 112 valence electrons. The van der Waals surface area contributed by atoms with E-state index >= 15 is 0 Å². The van der Waals surface area contributed by atoms with Crippen molar-refractivity contribution < 1.29 is 0 Å². The quantitative estimate of drug-likeness (QED) is 0.761. The summed E-state index contributed by atoms with van der Waals surface area (Å²) in [4.78, 5) is 2.52. The first-order valence-electron chi connectivity index (χ1n) is 7.81. The fourth-order valence-corrected chi connectivity index (χ4v) is 3.28. The van der Waals surface area contributed by atoms with Crippen molar-refractivity contribution in [2.45, 2.75) is 45.2 Å². The molecule has 0 saturated heterocycles. The maximum Gasteiger partial charge on any atom is 0.0409 e. The monoisotopic (exact) mass is 294 g/mol. The third-order valence-corrected chi connectivity index (χ3v) is 4.91. The fourth-order valence-electron chi connectivity index (χ4n) is 3.08. The van der Waals surface area contributed by atoms with Gasteiger partial charge in [-0.25, -0.2) is 0 Å². The molecule has 0 aliphatic heterocycles. The maximum atomic E-state index is 6.11. The smallest absolute Gasteiger partial charge is 0.0409 e. The fraction of sp³-hybridized carbons (Fsp3) is 0.647. The van der Waals surface area contributed by atoms with Gasteiger partial charge in [0.2, 0.25) is 0 Å². The van der Waals surface area contributed by atoms with Crippen LogP contribution in [0.25, 0.3) is 0 Å². The Kier molecular flexibility index (Phi) is 5.88.